The predicted molar refractivity (Wildman–Crippen MR) is 124 cm³/mol. The van der Waals surface area contributed by atoms with Crippen molar-refractivity contribution in [3.05, 3.63) is 82.8 Å². The summed E-state index contributed by atoms with van der Waals surface area (Å²) < 4.78 is 7.35. The second kappa shape index (κ2) is 11.8. The van der Waals surface area contributed by atoms with Crippen molar-refractivity contribution in [2.75, 3.05) is 7.11 Å². The van der Waals surface area contributed by atoms with Crippen molar-refractivity contribution in [2.24, 2.45) is 5.14 Å². The van der Waals surface area contributed by atoms with Crippen molar-refractivity contribution in [1.82, 2.24) is 9.55 Å². The van der Waals surface area contributed by atoms with Gasteiger partial charge < -0.3 is 9.30 Å². The molecule has 0 fully saturated rings. The predicted octanol–water partition coefficient (Wildman–Crippen LogP) is 5.19. The SMILES string of the molecule is C#C.COc1cc(/C=C/SN)ccc1-n1cnc(C)c1.c1ccc2c(c1)CCC2. The number of methoxy groups -OCH3 is 1. The quantitative estimate of drug-likeness (QED) is 0.479. The van der Waals surface area contributed by atoms with E-state index >= 15 is 0 Å². The molecule has 0 amide bonds. The van der Waals surface area contributed by atoms with E-state index in [9.17, 15) is 0 Å². The molecule has 1 heterocycles. The number of nitrogens with zero attached hydrogens (tertiary/aromatic N) is 2. The van der Waals surface area contributed by atoms with E-state index in [1.165, 1.54) is 31.2 Å². The highest BCUT2D eigenvalue weighted by Gasteiger charge is 2.07. The molecule has 150 valence electrons. The van der Waals surface area contributed by atoms with Gasteiger partial charge in [-0.2, -0.15) is 0 Å². The number of terminal acetylenes is 1. The molecule has 1 aliphatic rings. The Morgan fingerprint density at radius 1 is 1.14 bits per heavy atom. The fourth-order valence-electron chi connectivity index (χ4n) is 3.20. The van der Waals surface area contributed by atoms with Crippen LogP contribution in [0.2, 0.25) is 0 Å². The van der Waals surface area contributed by atoms with Crippen LogP contribution in [0.3, 0.4) is 0 Å². The summed E-state index contributed by atoms with van der Waals surface area (Å²) in [5.41, 5.74) is 6.12. The Bertz CT molecular complexity index is 937. The van der Waals surface area contributed by atoms with E-state index in [-0.39, 0.29) is 0 Å². The number of fused-ring (bicyclic) bond motifs is 1. The summed E-state index contributed by atoms with van der Waals surface area (Å²) in [7, 11) is 1.66. The number of hydrogen-bond donors (Lipinski definition) is 1. The van der Waals surface area contributed by atoms with Crippen LogP contribution in [0.4, 0.5) is 0 Å². The molecule has 1 aromatic heterocycles. The third kappa shape index (κ3) is 6.28. The van der Waals surface area contributed by atoms with Gasteiger partial charge in [0, 0.05) is 6.20 Å². The molecule has 0 spiro atoms. The summed E-state index contributed by atoms with van der Waals surface area (Å²) in [6.07, 6.45) is 17.6. The molecular formula is C24H27N3OS. The van der Waals surface area contributed by atoms with Crippen LogP contribution in [0.1, 0.15) is 28.8 Å². The molecule has 0 unspecified atom stereocenters. The second-order valence-corrected chi connectivity index (χ2v) is 6.96. The first-order valence-corrected chi connectivity index (χ1v) is 10.3. The molecule has 0 saturated carbocycles. The number of hydrogen-bond acceptors (Lipinski definition) is 4. The molecule has 4 rings (SSSR count). The lowest BCUT2D eigenvalue weighted by atomic mass is 10.1. The Morgan fingerprint density at radius 3 is 2.38 bits per heavy atom. The molecule has 0 saturated heterocycles. The zero-order chi connectivity index (χ0) is 21.1. The van der Waals surface area contributed by atoms with Crippen molar-refractivity contribution < 1.29 is 4.74 Å². The van der Waals surface area contributed by atoms with E-state index in [2.05, 4.69) is 42.1 Å². The Hall–Kier alpha value is -2.94. The van der Waals surface area contributed by atoms with Crippen molar-refractivity contribution in [1.29, 1.82) is 0 Å². The van der Waals surface area contributed by atoms with Crippen LogP contribution in [-0.4, -0.2) is 16.7 Å². The number of benzene rings is 2. The van der Waals surface area contributed by atoms with Gasteiger partial charge in [-0.15, -0.1) is 12.8 Å². The van der Waals surface area contributed by atoms with Crippen molar-refractivity contribution in [3.63, 3.8) is 0 Å². The minimum absolute atomic E-state index is 0.802. The third-order valence-corrected chi connectivity index (χ3v) is 4.84. The molecule has 2 N–H and O–H groups in total. The lowest BCUT2D eigenvalue weighted by molar-refractivity contribution is 0.413. The molecule has 1 aliphatic carbocycles. The highest BCUT2D eigenvalue weighted by atomic mass is 32.2. The van der Waals surface area contributed by atoms with Gasteiger partial charge in [-0.05, 0) is 66.5 Å². The van der Waals surface area contributed by atoms with Crippen LogP contribution >= 0.6 is 11.9 Å². The molecule has 0 atom stereocenters. The molecular weight excluding hydrogens is 378 g/mol. The average Bonchev–Trinajstić information content (AvgIpc) is 3.42. The van der Waals surface area contributed by atoms with Crippen molar-refractivity contribution in [2.45, 2.75) is 26.2 Å². The third-order valence-electron chi connectivity index (χ3n) is 4.54. The van der Waals surface area contributed by atoms with Crippen LogP contribution in [0, 0.1) is 19.8 Å². The summed E-state index contributed by atoms with van der Waals surface area (Å²) in [6.45, 7) is 1.96. The molecule has 0 aliphatic heterocycles. The lowest BCUT2D eigenvalue weighted by Crippen LogP contribution is -1.95. The van der Waals surface area contributed by atoms with Gasteiger partial charge in [0.2, 0.25) is 0 Å². The molecule has 4 nitrogen and oxygen atoms in total. The number of rotatable bonds is 4. The summed E-state index contributed by atoms with van der Waals surface area (Å²) in [6, 6.07) is 14.7. The summed E-state index contributed by atoms with van der Waals surface area (Å²) in [4.78, 5) is 4.21. The van der Waals surface area contributed by atoms with E-state index in [1.54, 1.807) is 24.6 Å². The van der Waals surface area contributed by atoms with Crippen LogP contribution in [0.15, 0.2) is 60.4 Å². The number of imidazole rings is 1. The summed E-state index contributed by atoms with van der Waals surface area (Å²) in [5, 5.41) is 7.19. The standard InChI is InChI=1S/C13H15N3OS.C9H10.C2H2/c1-10-8-16(9-15-10)12-4-3-11(5-6-18-14)7-13(12)17-2;1-2-5-9-7-3-6-8(9)4-1;1-2/h3-9H,14H2,1-2H3;1-2,4-5H,3,6-7H2;1-2H/b6-5+;;. The Labute approximate surface area is 177 Å². The van der Waals surface area contributed by atoms with E-state index in [0.29, 0.717) is 0 Å². The topological polar surface area (TPSA) is 53.1 Å². The van der Waals surface area contributed by atoms with Gasteiger partial charge in [0.15, 0.2) is 0 Å². The molecule has 5 heteroatoms. The maximum absolute atomic E-state index is 5.41. The van der Waals surface area contributed by atoms with Crippen molar-refractivity contribution >= 4 is 18.0 Å². The second-order valence-electron chi connectivity index (χ2n) is 6.41. The van der Waals surface area contributed by atoms with E-state index in [1.807, 2.05) is 47.4 Å². The van der Waals surface area contributed by atoms with Crippen LogP contribution in [0.5, 0.6) is 5.75 Å². The zero-order valence-electron chi connectivity index (χ0n) is 16.9. The average molecular weight is 406 g/mol. The monoisotopic (exact) mass is 405 g/mol. The first kappa shape index (κ1) is 22.4. The lowest BCUT2D eigenvalue weighted by Gasteiger charge is -2.09. The van der Waals surface area contributed by atoms with Gasteiger partial charge >= 0.3 is 0 Å². The smallest absolute Gasteiger partial charge is 0.143 e. The summed E-state index contributed by atoms with van der Waals surface area (Å²) in [5.74, 6) is 0.802. The molecule has 29 heavy (non-hydrogen) atoms. The number of ether oxygens (including phenoxy) is 1. The maximum atomic E-state index is 5.41. The van der Waals surface area contributed by atoms with Gasteiger partial charge in [0.05, 0.1) is 24.8 Å². The number of aromatic nitrogens is 2. The van der Waals surface area contributed by atoms with Gasteiger partial charge in [0.25, 0.3) is 0 Å². The number of nitrogens with two attached hydrogens (primary N) is 1. The van der Waals surface area contributed by atoms with Crippen LogP contribution < -0.4 is 9.88 Å². The molecule has 0 bridgehead atoms. The largest absolute Gasteiger partial charge is 0.495 e. The Morgan fingerprint density at radius 2 is 1.83 bits per heavy atom. The summed E-state index contributed by atoms with van der Waals surface area (Å²) >= 11 is 1.18. The van der Waals surface area contributed by atoms with Crippen molar-refractivity contribution in [3.8, 4) is 24.3 Å². The van der Waals surface area contributed by atoms with Gasteiger partial charge in [-0.1, -0.05) is 42.3 Å². The van der Waals surface area contributed by atoms with E-state index < -0.39 is 0 Å². The van der Waals surface area contributed by atoms with Gasteiger partial charge in [-0.25, -0.2) is 4.98 Å². The first-order chi connectivity index (χ1) is 14.2. The fourth-order valence-corrected chi connectivity index (χ4v) is 3.43. The number of aryl methyl sites for hydroxylation is 3. The highest BCUT2D eigenvalue weighted by molar-refractivity contribution is 8.00. The fraction of sp³-hybridized carbons (Fsp3) is 0.208. The normalized spacial score (nSPS) is 11.8. The minimum atomic E-state index is 0.802. The maximum Gasteiger partial charge on any atom is 0.143 e. The zero-order valence-corrected chi connectivity index (χ0v) is 17.7. The molecule has 3 aromatic rings. The van der Waals surface area contributed by atoms with Crippen LogP contribution in [-0.2, 0) is 12.8 Å². The molecule has 0 radical (unpaired) electrons. The van der Waals surface area contributed by atoms with E-state index in [4.69, 9.17) is 9.88 Å². The van der Waals surface area contributed by atoms with E-state index in [0.717, 1.165) is 22.7 Å². The minimum Gasteiger partial charge on any atom is -0.495 e. The Kier molecular flexibility index (Phi) is 9.10. The van der Waals surface area contributed by atoms with Gasteiger partial charge in [0.1, 0.15) is 5.75 Å². The molecule has 2 aromatic carbocycles. The Balaban J connectivity index is 0.000000226. The van der Waals surface area contributed by atoms with Gasteiger partial charge in [-0.3, -0.25) is 5.14 Å². The highest BCUT2D eigenvalue weighted by Crippen LogP contribution is 2.25. The first-order valence-electron chi connectivity index (χ1n) is 9.32. The van der Waals surface area contributed by atoms with Crippen LogP contribution in [0.25, 0.3) is 11.8 Å².